The van der Waals surface area contributed by atoms with E-state index in [1.165, 1.54) is 45.2 Å². The number of anilines is 1. The molecule has 0 aromatic carbocycles. The zero-order valence-electron chi connectivity index (χ0n) is 17.7. The predicted molar refractivity (Wildman–Crippen MR) is 121 cm³/mol. The summed E-state index contributed by atoms with van der Waals surface area (Å²) in [7, 11) is 6.20. The molecule has 3 aromatic heterocycles. The zero-order chi connectivity index (χ0) is 20.6. The number of likely N-dealkylation sites (tertiary alicyclic amines) is 1. The van der Waals surface area contributed by atoms with Gasteiger partial charge < -0.3 is 10.2 Å². The third kappa shape index (κ3) is 2.85. The van der Waals surface area contributed by atoms with Gasteiger partial charge in [0, 0.05) is 48.9 Å². The highest BCUT2D eigenvalue weighted by molar-refractivity contribution is 6.36. The number of nitrogens with one attached hydrogen (secondary N) is 1. The number of aromatic nitrogens is 4. The van der Waals surface area contributed by atoms with Gasteiger partial charge in [-0.25, -0.2) is 4.98 Å². The highest BCUT2D eigenvalue weighted by Crippen LogP contribution is 2.82. The normalized spacial score (nSPS) is 32.1. The second-order valence-corrected chi connectivity index (χ2v) is 10.2. The van der Waals surface area contributed by atoms with Crippen molar-refractivity contribution in [3.63, 3.8) is 0 Å². The van der Waals surface area contributed by atoms with Crippen LogP contribution in [0.2, 0.25) is 0 Å². The lowest BCUT2D eigenvalue weighted by Gasteiger charge is -2.37. The number of pyridine rings is 1. The number of piperidine rings is 1. The molecule has 2 radical (unpaired) electrons. The van der Waals surface area contributed by atoms with Crippen molar-refractivity contribution >= 4 is 24.8 Å². The number of fused-ring (bicyclic) bond motifs is 1. The highest BCUT2D eigenvalue weighted by atomic mass is 15.3. The van der Waals surface area contributed by atoms with E-state index in [1.54, 1.807) is 12.4 Å². The number of nitrogens with zero attached hydrogens (tertiary/aromatic N) is 5. The van der Waals surface area contributed by atoms with Crippen molar-refractivity contribution in [1.29, 1.82) is 0 Å². The monoisotopic (exact) mass is 410 g/mol. The van der Waals surface area contributed by atoms with Crippen LogP contribution in [-0.2, 0) is 6.54 Å². The first-order valence-corrected chi connectivity index (χ1v) is 11.7. The molecule has 1 aliphatic heterocycles. The first-order chi connectivity index (χ1) is 15.2. The van der Waals surface area contributed by atoms with Gasteiger partial charge in [-0.05, 0) is 79.5 Å². The molecule has 4 heterocycles. The van der Waals surface area contributed by atoms with Gasteiger partial charge in [0.05, 0.1) is 0 Å². The van der Waals surface area contributed by atoms with Gasteiger partial charge in [0.1, 0.15) is 19.3 Å². The third-order valence-electron chi connectivity index (χ3n) is 8.58. The molecule has 156 valence electrons. The summed E-state index contributed by atoms with van der Waals surface area (Å²) >= 11 is 0. The molecule has 2 unspecified atom stereocenters. The van der Waals surface area contributed by atoms with Crippen LogP contribution in [-0.4, -0.2) is 51.5 Å². The van der Waals surface area contributed by atoms with Gasteiger partial charge in [0.15, 0.2) is 0 Å². The maximum Gasteiger partial charge on any atom is 0.150 e. The summed E-state index contributed by atoms with van der Waals surface area (Å²) in [4.78, 5) is 12.0. The fraction of sp³-hybridized carbons (Fsp3) is 0.542. The van der Waals surface area contributed by atoms with E-state index in [1.807, 2.05) is 16.8 Å². The van der Waals surface area contributed by atoms with Crippen molar-refractivity contribution < 1.29 is 0 Å². The van der Waals surface area contributed by atoms with E-state index >= 15 is 0 Å². The molecule has 0 bridgehead atoms. The molecular formula is C24H27BN6. The maximum atomic E-state index is 6.20. The first-order valence-electron chi connectivity index (χ1n) is 11.7. The summed E-state index contributed by atoms with van der Waals surface area (Å²) < 4.78 is 1.82. The Labute approximate surface area is 183 Å². The Morgan fingerprint density at radius 2 is 2.10 bits per heavy atom. The average molecular weight is 410 g/mol. The number of hydrogen-bond acceptors (Lipinski definition) is 5. The Morgan fingerprint density at radius 3 is 2.84 bits per heavy atom. The molecule has 1 saturated heterocycles. The Balaban J connectivity index is 1.10. The van der Waals surface area contributed by atoms with Crippen molar-refractivity contribution in [3.8, 4) is 0 Å². The average Bonchev–Trinajstić information content (AvgIpc) is 3.66. The lowest BCUT2D eigenvalue weighted by Crippen LogP contribution is -2.42. The standard InChI is InChI=1S/C24H27BN6/c25-19-14-28-31-22(27-13-15-2-1-5-26-12-15)9-20(29-23(19)31)16-3-6-30(7-4-16)21-8-17-10-24(17)11-18(21)24/h1-2,5,9,12,14,16-18,21,27H,3-4,6-8,10-11,13H2/t17-,18-,21?,24?/m1/s1. The smallest absolute Gasteiger partial charge is 0.150 e. The topological polar surface area (TPSA) is 58.4 Å². The van der Waals surface area contributed by atoms with E-state index in [2.05, 4.69) is 32.4 Å². The van der Waals surface area contributed by atoms with Crippen LogP contribution >= 0.6 is 0 Å². The fourth-order valence-corrected chi connectivity index (χ4v) is 6.71. The Hall–Kier alpha value is -2.41. The summed E-state index contributed by atoms with van der Waals surface area (Å²) in [5.41, 5.74) is 4.50. The maximum absolute atomic E-state index is 6.20. The molecule has 3 aromatic rings. The van der Waals surface area contributed by atoms with Crippen molar-refractivity contribution in [2.45, 2.75) is 50.6 Å². The van der Waals surface area contributed by atoms with E-state index in [9.17, 15) is 0 Å². The minimum atomic E-state index is 0.485. The van der Waals surface area contributed by atoms with Crippen molar-refractivity contribution in [2.75, 3.05) is 18.4 Å². The fourth-order valence-electron chi connectivity index (χ4n) is 6.71. The third-order valence-corrected chi connectivity index (χ3v) is 8.58. The van der Waals surface area contributed by atoms with Gasteiger partial charge >= 0.3 is 0 Å². The van der Waals surface area contributed by atoms with Crippen LogP contribution in [0.3, 0.4) is 0 Å². The minimum Gasteiger partial charge on any atom is -0.366 e. The molecule has 4 aliphatic rings. The predicted octanol–water partition coefficient (Wildman–Crippen LogP) is 2.51. The van der Waals surface area contributed by atoms with Crippen molar-refractivity contribution in [1.82, 2.24) is 24.5 Å². The Kier molecular flexibility index (Phi) is 3.84. The van der Waals surface area contributed by atoms with E-state index in [4.69, 9.17) is 12.8 Å². The van der Waals surface area contributed by atoms with Crippen LogP contribution in [0, 0.1) is 17.3 Å². The van der Waals surface area contributed by atoms with Crippen LogP contribution in [0.4, 0.5) is 5.82 Å². The Morgan fingerprint density at radius 1 is 1.19 bits per heavy atom. The minimum absolute atomic E-state index is 0.485. The Bertz CT molecular complexity index is 1140. The first kappa shape index (κ1) is 18.2. The molecule has 0 amide bonds. The van der Waals surface area contributed by atoms with E-state index in [0.717, 1.165) is 46.0 Å². The van der Waals surface area contributed by atoms with Crippen LogP contribution < -0.4 is 10.8 Å². The highest BCUT2D eigenvalue weighted by Gasteiger charge is 2.77. The van der Waals surface area contributed by atoms with E-state index in [0.29, 0.717) is 17.9 Å². The van der Waals surface area contributed by atoms with Gasteiger partial charge in [-0.3, -0.25) is 4.98 Å². The summed E-state index contributed by atoms with van der Waals surface area (Å²) in [6.45, 7) is 3.10. The largest absolute Gasteiger partial charge is 0.366 e. The molecule has 1 spiro atoms. The van der Waals surface area contributed by atoms with Crippen LogP contribution in [0.1, 0.15) is 49.3 Å². The molecule has 6 nitrogen and oxygen atoms in total. The SMILES string of the molecule is [B]c1cnn2c(NCc3cccnc3)cc(C3CCN(C4C[C@@H]5CC56C[C@H]46)CC3)nc12. The van der Waals surface area contributed by atoms with E-state index < -0.39 is 0 Å². The van der Waals surface area contributed by atoms with Gasteiger partial charge in [0.25, 0.3) is 0 Å². The molecule has 3 aliphatic carbocycles. The van der Waals surface area contributed by atoms with Gasteiger partial charge in [-0.2, -0.15) is 9.61 Å². The molecule has 1 N–H and O–H groups in total. The second kappa shape index (κ2) is 6.55. The summed E-state index contributed by atoms with van der Waals surface area (Å²) in [6.07, 6.45) is 12.3. The molecule has 4 atom stereocenters. The van der Waals surface area contributed by atoms with Crippen molar-refractivity contribution in [2.24, 2.45) is 17.3 Å². The number of hydrogen-bond donors (Lipinski definition) is 1. The lowest BCUT2D eigenvalue weighted by atomic mass is 9.91. The quantitative estimate of drug-likeness (QED) is 0.656. The molecule has 3 saturated carbocycles. The molecular weight excluding hydrogens is 383 g/mol. The van der Waals surface area contributed by atoms with Crippen molar-refractivity contribution in [3.05, 3.63) is 48.0 Å². The van der Waals surface area contributed by atoms with Gasteiger partial charge in [-0.15, -0.1) is 0 Å². The molecule has 7 rings (SSSR count). The van der Waals surface area contributed by atoms with Gasteiger partial charge in [-0.1, -0.05) is 6.07 Å². The zero-order valence-corrected chi connectivity index (χ0v) is 17.7. The summed E-state index contributed by atoms with van der Waals surface area (Å²) in [5, 5.41) is 7.97. The second-order valence-electron chi connectivity index (χ2n) is 10.2. The van der Waals surface area contributed by atoms with Crippen LogP contribution in [0.25, 0.3) is 5.65 Å². The summed E-state index contributed by atoms with van der Waals surface area (Å²) in [6, 6.07) is 7.08. The number of rotatable bonds is 5. The molecule has 4 fully saturated rings. The van der Waals surface area contributed by atoms with Gasteiger partial charge in [0.2, 0.25) is 0 Å². The van der Waals surface area contributed by atoms with E-state index in [-0.39, 0.29) is 0 Å². The van der Waals surface area contributed by atoms with Crippen LogP contribution in [0.15, 0.2) is 36.8 Å². The summed E-state index contributed by atoms with van der Waals surface area (Å²) in [5.74, 6) is 3.53. The van der Waals surface area contributed by atoms with Crippen LogP contribution in [0.5, 0.6) is 0 Å². The molecule has 7 heteroatoms. The molecule has 31 heavy (non-hydrogen) atoms. The lowest BCUT2D eigenvalue weighted by molar-refractivity contribution is 0.132.